The van der Waals surface area contributed by atoms with Gasteiger partial charge < -0.3 is 18.6 Å². The number of carbonyl (C=O) groups is 1. The predicted octanol–water partition coefficient (Wildman–Crippen LogP) is 3.32. The molecular formula is C18H17N3O4. The molecule has 3 aromatic rings. The Morgan fingerprint density at radius 2 is 2.16 bits per heavy atom. The fourth-order valence-corrected chi connectivity index (χ4v) is 3.12. The summed E-state index contributed by atoms with van der Waals surface area (Å²) in [6, 6.07) is 10.6. The van der Waals surface area contributed by atoms with Crippen LogP contribution in [0.15, 0.2) is 51.6 Å². The predicted molar refractivity (Wildman–Crippen MR) is 88.0 cm³/mol. The molecule has 0 spiro atoms. The number of carbonyl (C=O) groups excluding carboxylic acids is 1. The number of rotatable bonds is 4. The van der Waals surface area contributed by atoms with Gasteiger partial charge in [-0.05, 0) is 37.1 Å². The fraction of sp³-hybridized carbons (Fsp3) is 0.278. The van der Waals surface area contributed by atoms with Crippen LogP contribution in [0.4, 0.5) is 0 Å². The first-order valence-electron chi connectivity index (χ1n) is 8.09. The van der Waals surface area contributed by atoms with Crippen molar-refractivity contribution in [1.82, 2.24) is 15.0 Å². The molecule has 1 aliphatic rings. The van der Waals surface area contributed by atoms with E-state index in [2.05, 4.69) is 10.1 Å². The Morgan fingerprint density at radius 1 is 1.28 bits per heavy atom. The van der Waals surface area contributed by atoms with Crippen LogP contribution in [0.2, 0.25) is 0 Å². The molecule has 3 heterocycles. The van der Waals surface area contributed by atoms with Crippen LogP contribution in [0.25, 0.3) is 11.4 Å². The van der Waals surface area contributed by atoms with Crippen molar-refractivity contribution in [3.63, 3.8) is 0 Å². The molecule has 0 radical (unpaired) electrons. The highest BCUT2D eigenvalue weighted by molar-refractivity contribution is 5.91. The minimum Gasteiger partial charge on any atom is -0.496 e. The van der Waals surface area contributed by atoms with Gasteiger partial charge in [-0.15, -0.1) is 0 Å². The summed E-state index contributed by atoms with van der Waals surface area (Å²) in [5, 5.41) is 4.07. The third-order valence-electron chi connectivity index (χ3n) is 4.32. The van der Waals surface area contributed by atoms with Gasteiger partial charge in [0.15, 0.2) is 5.76 Å². The Morgan fingerprint density at radius 3 is 2.96 bits per heavy atom. The van der Waals surface area contributed by atoms with Crippen molar-refractivity contribution in [2.75, 3.05) is 13.7 Å². The summed E-state index contributed by atoms with van der Waals surface area (Å²) in [4.78, 5) is 18.8. The van der Waals surface area contributed by atoms with E-state index in [0.29, 0.717) is 29.8 Å². The van der Waals surface area contributed by atoms with Crippen LogP contribution in [-0.4, -0.2) is 34.6 Å². The number of hydrogen-bond acceptors (Lipinski definition) is 6. The average molecular weight is 339 g/mol. The summed E-state index contributed by atoms with van der Waals surface area (Å²) in [6.45, 7) is 0.635. The van der Waals surface area contributed by atoms with Gasteiger partial charge in [0, 0.05) is 6.54 Å². The van der Waals surface area contributed by atoms with Gasteiger partial charge in [-0.2, -0.15) is 4.98 Å². The molecule has 1 amide bonds. The number of ether oxygens (including phenoxy) is 1. The van der Waals surface area contributed by atoms with Gasteiger partial charge in [0.25, 0.3) is 5.91 Å². The summed E-state index contributed by atoms with van der Waals surface area (Å²) in [7, 11) is 1.60. The molecule has 1 aromatic carbocycles. The van der Waals surface area contributed by atoms with Gasteiger partial charge in [0.2, 0.25) is 11.7 Å². The molecule has 1 fully saturated rings. The molecular weight excluding hydrogens is 322 g/mol. The zero-order valence-corrected chi connectivity index (χ0v) is 13.7. The van der Waals surface area contributed by atoms with Gasteiger partial charge in [-0.3, -0.25) is 4.79 Å². The van der Waals surface area contributed by atoms with Gasteiger partial charge in [0.1, 0.15) is 11.8 Å². The Kier molecular flexibility index (Phi) is 3.97. The summed E-state index contributed by atoms with van der Waals surface area (Å²) in [5.74, 6) is 1.70. The third-order valence-corrected chi connectivity index (χ3v) is 4.32. The minimum absolute atomic E-state index is 0.162. The fourth-order valence-electron chi connectivity index (χ4n) is 3.12. The average Bonchev–Trinajstić information content (AvgIpc) is 3.41. The largest absolute Gasteiger partial charge is 0.496 e. The van der Waals surface area contributed by atoms with Crippen LogP contribution in [0.5, 0.6) is 5.75 Å². The van der Waals surface area contributed by atoms with E-state index in [4.69, 9.17) is 13.7 Å². The summed E-state index contributed by atoms with van der Waals surface area (Å²) >= 11 is 0. The second kappa shape index (κ2) is 6.43. The van der Waals surface area contributed by atoms with Crippen LogP contribution in [-0.2, 0) is 0 Å². The standard InChI is InChI=1S/C18H17N3O4/c1-23-14-8-3-2-6-12(14)16-19-17(25-20-16)13-7-4-10-21(13)18(22)15-9-5-11-24-15/h2-3,5-6,8-9,11,13H,4,7,10H2,1H3/t13-/m1/s1. The van der Waals surface area contributed by atoms with Crippen molar-refractivity contribution in [3.8, 4) is 17.1 Å². The van der Waals surface area contributed by atoms with E-state index in [9.17, 15) is 4.79 Å². The molecule has 0 bridgehead atoms. The van der Waals surface area contributed by atoms with Gasteiger partial charge >= 0.3 is 0 Å². The normalized spacial score (nSPS) is 17.0. The number of nitrogens with zero attached hydrogens (tertiary/aromatic N) is 3. The van der Waals surface area contributed by atoms with Crippen LogP contribution in [0.3, 0.4) is 0 Å². The van der Waals surface area contributed by atoms with E-state index in [1.165, 1.54) is 6.26 Å². The topological polar surface area (TPSA) is 81.6 Å². The zero-order chi connectivity index (χ0) is 17.2. The lowest BCUT2D eigenvalue weighted by Gasteiger charge is -2.20. The number of likely N-dealkylation sites (tertiary alicyclic amines) is 1. The maximum absolute atomic E-state index is 12.6. The second-order valence-electron chi connectivity index (χ2n) is 5.79. The van der Waals surface area contributed by atoms with Crippen molar-refractivity contribution >= 4 is 5.91 Å². The number of hydrogen-bond donors (Lipinski definition) is 0. The zero-order valence-electron chi connectivity index (χ0n) is 13.7. The van der Waals surface area contributed by atoms with E-state index < -0.39 is 0 Å². The maximum atomic E-state index is 12.6. The Hall–Kier alpha value is -3.09. The quantitative estimate of drug-likeness (QED) is 0.725. The molecule has 4 rings (SSSR count). The monoisotopic (exact) mass is 339 g/mol. The molecule has 128 valence electrons. The first kappa shape index (κ1) is 15.4. The Balaban J connectivity index is 1.62. The molecule has 0 saturated carbocycles. The lowest BCUT2D eigenvalue weighted by atomic mass is 10.2. The molecule has 25 heavy (non-hydrogen) atoms. The van der Waals surface area contributed by atoms with Crippen LogP contribution < -0.4 is 4.74 Å². The van der Waals surface area contributed by atoms with E-state index in [1.807, 2.05) is 24.3 Å². The van der Waals surface area contributed by atoms with E-state index in [0.717, 1.165) is 18.4 Å². The summed E-state index contributed by atoms with van der Waals surface area (Å²) < 4.78 is 16.0. The number of methoxy groups -OCH3 is 1. The van der Waals surface area contributed by atoms with Crippen LogP contribution in [0.1, 0.15) is 35.3 Å². The van der Waals surface area contributed by atoms with Crippen molar-refractivity contribution < 1.29 is 18.5 Å². The Bertz CT molecular complexity index is 872. The molecule has 7 heteroatoms. The smallest absolute Gasteiger partial charge is 0.290 e. The highest BCUT2D eigenvalue weighted by atomic mass is 16.5. The number of para-hydroxylation sites is 1. The first-order valence-corrected chi connectivity index (χ1v) is 8.09. The van der Waals surface area contributed by atoms with Gasteiger partial charge in [0.05, 0.1) is 18.9 Å². The third kappa shape index (κ3) is 2.77. The molecule has 2 aromatic heterocycles. The van der Waals surface area contributed by atoms with Crippen molar-refractivity contribution in [2.24, 2.45) is 0 Å². The lowest BCUT2D eigenvalue weighted by Crippen LogP contribution is -2.30. The molecule has 1 atom stereocenters. The van der Waals surface area contributed by atoms with Crippen LogP contribution in [0, 0.1) is 0 Å². The summed E-state index contributed by atoms with van der Waals surface area (Å²) in [6.07, 6.45) is 3.15. The Labute approximate surface area is 144 Å². The molecule has 7 nitrogen and oxygen atoms in total. The number of benzene rings is 1. The molecule has 1 saturated heterocycles. The van der Waals surface area contributed by atoms with Crippen molar-refractivity contribution in [1.29, 1.82) is 0 Å². The second-order valence-corrected chi connectivity index (χ2v) is 5.79. The first-order chi connectivity index (χ1) is 12.3. The maximum Gasteiger partial charge on any atom is 0.290 e. The van der Waals surface area contributed by atoms with Crippen molar-refractivity contribution in [3.05, 3.63) is 54.3 Å². The molecule has 0 N–H and O–H groups in total. The SMILES string of the molecule is COc1ccccc1-c1noc([C@H]2CCCN2C(=O)c2ccco2)n1. The lowest BCUT2D eigenvalue weighted by molar-refractivity contribution is 0.0678. The van der Waals surface area contributed by atoms with Gasteiger partial charge in [-0.25, -0.2) is 0 Å². The van der Waals surface area contributed by atoms with Gasteiger partial charge in [-0.1, -0.05) is 17.3 Å². The minimum atomic E-state index is -0.242. The highest BCUT2D eigenvalue weighted by Gasteiger charge is 2.35. The number of amides is 1. The van der Waals surface area contributed by atoms with E-state index in [1.54, 1.807) is 24.1 Å². The summed E-state index contributed by atoms with van der Waals surface area (Å²) in [5.41, 5.74) is 0.752. The van der Waals surface area contributed by atoms with E-state index in [-0.39, 0.29) is 11.9 Å². The number of furan rings is 1. The highest BCUT2D eigenvalue weighted by Crippen LogP contribution is 2.34. The van der Waals surface area contributed by atoms with Crippen LogP contribution >= 0.6 is 0 Å². The molecule has 1 aliphatic heterocycles. The number of aromatic nitrogens is 2. The molecule has 0 unspecified atom stereocenters. The molecule has 0 aliphatic carbocycles. The van der Waals surface area contributed by atoms with Crippen molar-refractivity contribution in [2.45, 2.75) is 18.9 Å². The van der Waals surface area contributed by atoms with E-state index >= 15 is 0 Å².